The minimum absolute atomic E-state index is 0.110. The van der Waals surface area contributed by atoms with Gasteiger partial charge in [0.05, 0.1) is 13.3 Å². The van der Waals surface area contributed by atoms with E-state index >= 15 is 0 Å². The summed E-state index contributed by atoms with van der Waals surface area (Å²) in [6.07, 6.45) is 3.20. The highest BCUT2D eigenvalue weighted by molar-refractivity contribution is 5.57. The SMILES string of the molecule is C/C=C(\OC)c1cnc(N)c(C#N)n1. The Kier molecular flexibility index (Phi) is 3.02. The lowest BCUT2D eigenvalue weighted by atomic mass is 10.3. The first-order valence-corrected chi connectivity index (χ1v) is 3.96. The van der Waals surface area contributed by atoms with Crippen molar-refractivity contribution in [2.75, 3.05) is 12.8 Å². The lowest BCUT2D eigenvalue weighted by Gasteiger charge is -2.04. The van der Waals surface area contributed by atoms with E-state index in [-0.39, 0.29) is 11.5 Å². The van der Waals surface area contributed by atoms with Gasteiger partial charge in [0.1, 0.15) is 17.5 Å². The summed E-state index contributed by atoms with van der Waals surface area (Å²) in [5.41, 5.74) is 6.04. The molecular formula is C9H10N4O. The van der Waals surface area contributed by atoms with Crippen molar-refractivity contribution in [1.29, 1.82) is 5.26 Å². The smallest absolute Gasteiger partial charge is 0.183 e. The number of nitriles is 1. The summed E-state index contributed by atoms with van der Waals surface area (Å²) in [6.45, 7) is 1.81. The summed E-state index contributed by atoms with van der Waals surface area (Å²) in [5, 5.41) is 8.68. The number of allylic oxidation sites excluding steroid dienone is 1. The van der Waals surface area contributed by atoms with Gasteiger partial charge in [-0.15, -0.1) is 0 Å². The molecule has 0 saturated heterocycles. The van der Waals surface area contributed by atoms with Crippen molar-refractivity contribution in [3.05, 3.63) is 23.7 Å². The molecule has 0 spiro atoms. The van der Waals surface area contributed by atoms with E-state index < -0.39 is 0 Å². The van der Waals surface area contributed by atoms with Crippen LogP contribution in [0.3, 0.4) is 0 Å². The molecule has 0 aliphatic heterocycles. The molecule has 72 valence electrons. The van der Waals surface area contributed by atoms with Crippen LogP contribution in [0.4, 0.5) is 5.82 Å². The number of aromatic nitrogens is 2. The Morgan fingerprint density at radius 2 is 2.43 bits per heavy atom. The number of nitrogens with zero attached hydrogens (tertiary/aromatic N) is 3. The second kappa shape index (κ2) is 4.23. The molecule has 0 bridgehead atoms. The number of nitrogen functional groups attached to an aromatic ring is 1. The van der Waals surface area contributed by atoms with Gasteiger partial charge in [-0.2, -0.15) is 5.26 Å². The van der Waals surface area contributed by atoms with Gasteiger partial charge in [-0.25, -0.2) is 9.97 Å². The van der Waals surface area contributed by atoms with Gasteiger partial charge in [-0.05, 0) is 13.0 Å². The first-order valence-electron chi connectivity index (χ1n) is 3.96. The fraction of sp³-hybridized carbons (Fsp3) is 0.222. The van der Waals surface area contributed by atoms with Gasteiger partial charge in [-0.3, -0.25) is 0 Å². The van der Waals surface area contributed by atoms with Crippen molar-refractivity contribution >= 4 is 11.6 Å². The molecule has 2 N–H and O–H groups in total. The van der Waals surface area contributed by atoms with Gasteiger partial charge in [-0.1, -0.05) is 0 Å². The van der Waals surface area contributed by atoms with E-state index in [4.69, 9.17) is 15.7 Å². The van der Waals surface area contributed by atoms with Gasteiger partial charge in [0.2, 0.25) is 0 Å². The summed E-state index contributed by atoms with van der Waals surface area (Å²) in [4.78, 5) is 7.83. The lowest BCUT2D eigenvalue weighted by Crippen LogP contribution is -2.01. The third kappa shape index (κ3) is 1.80. The van der Waals surface area contributed by atoms with E-state index in [0.717, 1.165) is 0 Å². The highest BCUT2D eigenvalue weighted by atomic mass is 16.5. The van der Waals surface area contributed by atoms with Crippen molar-refractivity contribution in [2.45, 2.75) is 6.92 Å². The van der Waals surface area contributed by atoms with Crippen molar-refractivity contribution < 1.29 is 4.74 Å². The van der Waals surface area contributed by atoms with Crippen molar-refractivity contribution in [2.24, 2.45) is 0 Å². The molecule has 0 unspecified atom stereocenters. The Morgan fingerprint density at radius 1 is 1.71 bits per heavy atom. The maximum Gasteiger partial charge on any atom is 0.183 e. The number of nitrogens with two attached hydrogens (primary N) is 1. The van der Waals surface area contributed by atoms with Crippen LogP contribution in [0.5, 0.6) is 0 Å². The predicted molar refractivity (Wildman–Crippen MR) is 51.8 cm³/mol. The minimum atomic E-state index is 0.110. The average Bonchev–Trinajstić information content (AvgIpc) is 2.22. The summed E-state index contributed by atoms with van der Waals surface area (Å²) in [5.74, 6) is 0.691. The maximum atomic E-state index is 8.68. The summed E-state index contributed by atoms with van der Waals surface area (Å²) in [6, 6.07) is 1.86. The van der Waals surface area contributed by atoms with Crippen molar-refractivity contribution in [3.63, 3.8) is 0 Å². The summed E-state index contributed by atoms with van der Waals surface area (Å²) >= 11 is 0. The summed E-state index contributed by atoms with van der Waals surface area (Å²) in [7, 11) is 1.53. The second-order valence-corrected chi connectivity index (χ2v) is 2.46. The monoisotopic (exact) mass is 190 g/mol. The molecule has 0 aliphatic rings. The molecule has 0 atom stereocenters. The first-order chi connectivity index (χ1) is 6.72. The Balaban J connectivity index is 3.20. The van der Waals surface area contributed by atoms with Crippen LogP contribution in [0.15, 0.2) is 12.3 Å². The Bertz CT molecular complexity index is 406. The molecule has 1 rings (SSSR count). The van der Waals surface area contributed by atoms with Gasteiger partial charge in [0, 0.05) is 0 Å². The van der Waals surface area contributed by atoms with Crippen molar-refractivity contribution in [3.8, 4) is 6.07 Å². The quantitative estimate of drug-likeness (QED) is 0.701. The van der Waals surface area contributed by atoms with Gasteiger partial charge in [0.15, 0.2) is 11.5 Å². The molecule has 1 aromatic heterocycles. The maximum absolute atomic E-state index is 8.68. The number of hydrogen-bond donors (Lipinski definition) is 1. The zero-order valence-electron chi connectivity index (χ0n) is 7.98. The molecule has 1 aromatic rings. The second-order valence-electron chi connectivity index (χ2n) is 2.46. The molecule has 5 nitrogen and oxygen atoms in total. The Labute approximate surface area is 81.9 Å². The molecule has 5 heteroatoms. The Hall–Kier alpha value is -2.09. The third-order valence-corrected chi connectivity index (χ3v) is 1.64. The largest absolute Gasteiger partial charge is 0.495 e. The van der Waals surface area contributed by atoms with Crippen LogP contribution in [0.25, 0.3) is 5.76 Å². The van der Waals surface area contributed by atoms with Crippen LogP contribution in [-0.4, -0.2) is 17.1 Å². The highest BCUT2D eigenvalue weighted by Gasteiger charge is 2.07. The fourth-order valence-corrected chi connectivity index (χ4v) is 0.970. The van der Waals surface area contributed by atoms with Gasteiger partial charge >= 0.3 is 0 Å². The zero-order valence-corrected chi connectivity index (χ0v) is 7.98. The van der Waals surface area contributed by atoms with Crippen molar-refractivity contribution in [1.82, 2.24) is 9.97 Å². The number of rotatable bonds is 2. The third-order valence-electron chi connectivity index (χ3n) is 1.64. The number of ether oxygens (including phenoxy) is 1. The van der Waals surface area contributed by atoms with Crippen LogP contribution in [0.1, 0.15) is 18.3 Å². The summed E-state index contributed by atoms with van der Waals surface area (Å²) < 4.78 is 5.03. The Morgan fingerprint density at radius 3 is 2.93 bits per heavy atom. The molecule has 0 fully saturated rings. The van der Waals surface area contributed by atoms with E-state index in [2.05, 4.69) is 9.97 Å². The number of anilines is 1. The number of methoxy groups -OCH3 is 1. The lowest BCUT2D eigenvalue weighted by molar-refractivity contribution is 0.367. The highest BCUT2D eigenvalue weighted by Crippen LogP contribution is 2.13. The molecule has 14 heavy (non-hydrogen) atoms. The molecule has 0 amide bonds. The minimum Gasteiger partial charge on any atom is -0.495 e. The van der Waals surface area contributed by atoms with Gasteiger partial charge in [0.25, 0.3) is 0 Å². The van der Waals surface area contributed by atoms with Crippen LogP contribution in [-0.2, 0) is 4.74 Å². The van der Waals surface area contributed by atoms with Gasteiger partial charge < -0.3 is 10.5 Å². The van der Waals surface area contributed by atoms with E-state index in [1.807, 2.05) is 13.0 Å². The molecule has 1 heterocycles. The molecule has 0 aromatic carbocycles. The van der Waals surface area contributed by atoms with E-state index in [0.29, 0.717) is 11.5 Å². The first kappa shape index (κ1) is 9.99. The molecular weight excluding hydrogens is 180 g/mol. The fourth-order valence-electron chi connectivity index (χ4n) is 0.970. The van der Waals surface area contributed by atoms with E-state index in [1.165, 1.54) is 13.3 Å². The molecule has 0 saturated carbocycles. The van der Waals surface area contributed by atoms with Crippen LogP contribution >= 0.6 is 0 Å². The topological polar surface area (TPSA) is 84.8 Å². The predicted octanol–water partition coefficient (Wildman–Crippen LogP) is 0.938. The number of hydrogen-bond acceptors (Lipinski definition) is 5. The average molecular weight is 190 g/mol. The van der Waals surface area contributed by atoms with E-state index in [1.54, 1.807) is 6.08 Å². The van der Waals surface area contributed by atoms with Crippen LogP contribution in [0, 0.1) is 11.3 Å². The standard InChI is InChI=1S/C9H10N4O/c1-3-8(14-2)7-5-12-9(11)6(4-10)13-7/h3,5H,1-2H3,(H2,11,12)/b8-3-. The van der Waals surface area contributed by atoms with E-state index in [9.17, 15) is 0 Å². The zero-order chi connectivity index (χ0) is 10.6. The van der Waals surface area contributed by atoms with Crippen LogP contribution < -0.4 is 5.73 Å². The van der Waals surface area contributed by atoms with Crippen LogP contribution in [0.2, 0.25) is 0 Å². The molecule has 0 radical (unpaired) electrons. The molecule has 0 aliphatic carbocycles. The normalized spacial score (nSPS) is 10.8.